The molecule has 0 heterocycles. The SMILES string of the molecule is C=O.C=O.CC.CCC1CCC=CCC1. The van der Waals surface area contributed by atoms with Gasteiger partial charge in [-0.25, -0.2) is 0 Å². The van der Waals surface area contributed by atoms with Gasteiger partial charge in [0.25, 0.3) is 0 Å². The summed E-state index contributed by atoms with van der Waals surface area (Å²) in [6.07, 6.45) is 11.5. The van der Waals surface area contributed by atoms with Crippen molar-refractivity contribution in [1.29, 1.82) is 0 Å². The number of hydrogen-bond acceptors (Lipinski definition) is 2. The van der Waals surface area contributed by atoms with E-state index >= 15 is 0 Å². The third-order valence-corrected chi connectivity index (χ3v) is 2.23. The second-order valence-corrected chi connectivity index (χ2v) is 2.90. The van der Waals surface area contributed by atoms with Crippen molar-refractivity contribution in [2.75, 3.05) is 0 Å². The van der Waals surface area contributed by atoms with Crippen LogP contribution in [0.5, 0.6) is 0 Å². The fourth-order valence-electron chi connectivity index (χ4n) is 1.45. The van der Waals surface area contributed by atoms with Crippen LogP contribution in [-0.2, 0) is 9.59 Å². The van der Waals surface area contributed by atoms with Gasteiger partial charge in [-0.15, -0.1) is 0 Å². The van der Waals surface area contributed by atoms with Gasteiger partial charge >= 0.3 is 0 Å². The van der Waals surface area contributed by atoms with Crippen molar-refractivity contribution in [2.45, 2.75) is 52.9 Å². The summed E-state index contributed by atoms with van der Waals surface area (Å²) in [5.41, 5.74) is 0. The van der Waals surface area contributed by atoms with Gasteiger partial charge in [-0.2, -0.15) is 0 Å². The van der Waals surface area contributed by atoms with Crippen LogP contribution in [0.3, 0.4) is 0 Å². The van der Waals surface area contributed by atoms with Crippen molar-refractivity contribution in [1.82, 2.24) is 0 Å². The van der Waals surface area contributed by atoms with Crippen molar-refractivity contribution in [3.8, 4) is 0 Å². The molecule has 0 unspecified atom stereocenters. The third-order valence-electron chi connectivity index (χ3n) is 2.23. The first kappa shape index (κ1) is 19.6. The summed E-state index contributed by atoms with van der Waals surface area (Å²) in [5.74, 6) is 1.01. The zero-order chi connectivity index (χ0) is 12.5. The lowest BCUT2D eigenvalue weighted by molar-refractivity contribution is -0.0987. The van der Waals surface area contributed by atoms with Crippen molar-refractivity contribution in [3.05, 3.63) is 12.2 Å². The second kappa shape index (κ2) is 23.2. The molecule has 1 aliphatic carbocycles. The van der Waals surface area contributed by atoms with Crippen molar-refractivity contribution < 1.29 is 9.59 Å². The Kier molecular flexibility index (Phi) is 30.3. The molecule has 0 saturated carbocycles. The molecule has 0 aromatic heterocycles. The molecule has 0 bridgehead atoms. The predicted molar refractivity (Wildman–Crippen MR) is 67.0 cm³/mol. The molecule has 0 aromatic rings. The first-order valence-electron chi connectivity index (χ1n) is 5.66. The van der Waals surface area contributed by atoms with Gasteiger partial charge in [-0.3, -0.25) is 0 Å². The van der Waals surface area contributed by atoms with Gasteiger partial charge < -0.3 is 9.59 Å². The van der Waals surface area contributed by atoms with E-state index in [1.54, 1.807) is 0 Å². The Morgan fingerprint density at radius 2 is 1.33 bits per heavy atom. The maximum absolute atomic E-state index is 8.00. The Labute approximate surface area is 94.8 Å². The lowest BCUT2D eigenvalue weighted by atomic mass is 9.98. The fourth-order valence-corrected chi connectivity index (χ4v) is 1.45. The van der Waals surface area contributed by atoms with Gasteiger partial charge in [-0.1, -0.05) is 39.3 Å². The highest BCUT2D eigenvalue weighted by atomic mass is 16.1. The third kappa shape index (κ3) is 15.8. The summed E-state index contributed by atoms with van der Waals surface area (Å²) in [5, 5.41) is 0. The molecule has 0 aliphatic heterocycles. The van der Waals surface area contributed by atoms with Gasteiger partial charge in [0.1, 0.15) is 13.6 Å². The van der Waals surface area contributed by atoms with Crippen molar-refractivity contribution in [2.24, 2.45) is 5.92 Å². The Balaban J connectivity index is -0.000000208. The number of rotatable bonds is 1. The summed E-state index contributed by atoms with van der Waals surface area (Å²) in [7, 11) is 0. The Morgan fingerprint density at radius 1 is 1.00 bits per heavy atom. The maximum atomic E-state index is 8.00. The smallest absolute Gasteiger partial charge is 0.106 e. The molecule has 0 N–H and O–H groups in total. The van der Waals surface area contributed by atoms with E-state index < -0.39 is 0 Å². The van der Waals surface area contributed by atoms with E-state index in [1.165, 1.54) is 32.1 Å². The van der Waals surface area contributed by atoms with Crippen molar-refractivity contribution >= 4 is 13.6 Å². The van der Waals surface area contributed by atoms with Crippen LogP contribution in [-0.4, -0.2) is 13.6 Å². The first-order chi connectivity index (χ1) is 7.43. The zero-order valence-corrected chi connectivity index (χ0v) is 10.5. The Bertz CT molecular complexity index is 110. The van der Waals surface area contributed by atoms with E-state index in [0.29, 0.717) is 0 Å². The van der Waals surface area contributed by atoms with E-state index in [2.05, 4.69) is 19.1 Å². The lowest BCUT2D eigenvalue weighted by Crippen LogP contribution is -1.94. The highest BCUT2D eigenvalue weighted by Crippen LogP contribution is 2.20. The van der Waals surface area contributed by atoms with E-state index in [0.717, 1.165) is 5.92 Å². The fraction of sp³-hybridized carbons (Fsp3) is 0.692. The predicted octanol–water partition coefficient (Wildman–Crippen LogP) is 3.80. The molecule has 1 rings (SSSR count). The minimum atomic E-state index is 1.01. The molecule has 0 spiro atoms. The Hall–Kier alpha value is -0.920. The molecular weight excluding hydrogens is 188 g/mol. The number of carbonyl (C=O) groups excluding carboxylic acids is 2. The highest BCUT2D eigenvalue weighted by molar-refractivity contribution is 5.11. The van der Waals surface area contributed by atoms with E-state index in [4.69, 9.17) is 9.59 Å². The van der Waals surface area contributed by atoms with Gasteiger partial charge in [0, 0.05) is 0 Å². The summed E-state index contributed by atoms with van der Waals surface area (Å²) in [6, 6.07) is 0. The summed E-state index contributed by atoms with van der Waals surface area (Å²) in [4.78, 5) is 16.0. The molecule has 2 heteroatoms. The molecule has 0 atom stereocenters. The van der Waals surface area contributed by atoms with E-state index in [9.17, 15) is 0 Å². The molecular formula is C13H26O2. The average Bonchev–Trinajstić information content (AvgIpc) is 2.65. The minimum absolute atomic E-state index is 1.01. The van der Waals surface area contributed by atoms with Crippen LogP contribution in [0.4, 0.5) is 0 Å². The topological polar surface area (TPSA) is 34.1 Å². The van der Waals surface area contributed by atoms with Crippen LogP contribution in [0.1, 0.15) is 52.9 Å². The summed E-state index contributed by atoms with van der Waals surface area (Å²) in [6.45, 7) is 10.3. The Morgan fingerprint density at radius 3 is 1.60 bits per heavy atom. The quantitative estimate of drug-likeness (QED) is 0.622. The van der Waals surface area contributed by atoms with Gasteiger partial charge in [0.05, 0.1) is 0 Å². The highest BCUT2D eigenvalue weighted by Gasteiger charge is 2.05. The monoisotopic (exact) mass is 214 g/mol. The summed E-state index contributed by atoms with van der Waals surface area (Å²) < 4.78 is 0. The van der Waals surface area contributed by atoms with Gasteiger partial charge in [-0.05, 0) is 31.6 Å². The van der Waals surface area contributed by atoms with Crippen LogP contribution < -0.4 is 0 Å². The van der Waals surface area contributed by atoms with Crippen LogP contribution >= 0.6 is 0 Å². The molecule has 90 valence electrons. The minimum Gasteiger partial charge on any atom is -0.307 e. The number of allylic oxidation sites excluding steroid dienone is 2. The molecule has 1 aliphatic rings. The summed E-state index contributed by atoms with van der Waals surface area (Å²) >= 11 is 0. The van der Waals surface area contributed by atoms with Crippen LogP contribution in [0.2, 0.25) is 0 Å². The maximum Gasteiger partial charge on any atom is 0.106 e. The molecule has 0 aromatic carbocycles. The van der Waals surface area contributed by atoms with Gasteiger partial charge in [0.2, 0.25) is 0 Å². The van der Waals surface area contributed by atoms with Crippen molar-refractivity contribution in [3.63, 3.8) is 0 Å². The molecule has 0 saturated heterocycles. The van der Waals surface area contributed by atoms with E-state index in [1.807, 2.05) is 27.4 Å². The first-order valence-corrected chi connectivity index (χ1v) is 5.66. The molecule has 0 radical (unpaired) electrons. The molecule has 0 fully saturated rings. The lowest BCUT2D eigenvalue weighted by Gasteiger charge is -2.08. The largest absolute Gasteiger partial charge is 0.307 e. The van der Waals surface area contributed by atoms with Crippen LogP contribution in [0.15, 0.2) is 12.2 Å². The standard InChI is InChI=1S/C9H16.C2H6.2CH2O/c1-2-9-7-5-3-4-6-8-9;3*1-2/h3-4,9H,2,5-8H2,1H3;1-2H3;2*1H2. The molecule has 0 amide bonds. The number of carbonyl (C=O) groups is 2. The van der Waals surface area contributed by atoms with Crippen LogP contribution in [0.25, 0.3) is 0 Å². The van der Waals surface area contributed by atoms with Crippen LogP contribution in [0, 0.1) is 5.92 Å². The average molecular weight is 214 g/mol. The second-order valence-electron chi connectivity index (χ2n) is 2.90. The van der Waals surface area contributed by atoms with Gasteiger partial charge in [0.15, 0.2) is 0 Å². The normalized spacial score (nSPS) is 14.1. The van der Waals surface area contributed by atoms with E-state index in [-0.39, 0.29) is 0 Å². The molecule has 2 nitrogen and oxygen atoms in total. The molecule has 15 heavy (non-hydrogen) atoms. The zero-order valence-electron chi connectivity index (χ0n) is 10.5. The number of hydrogen-bond donors (Lipinski definition) is 0.